The maximum atomic E-state index is 13.6. The predicted molar refractivity (Wildman–Crippen MR) is 259 cm³/mol. The Morgan fingerprint density at radius 2 is 0.925 bits per heavy atom. The van der Waals surface area contributed by atoms with E-state index in [9.17, 15) is 39.0 Å². The zero-order chi connectivity index (χ0) is 48.8. The lowest BCUT2D eigenvalue weighted by Crippen LogP contribution is -2.60. The number of aliphatic carboxylic acids is 2. The first-order valence-corrected chi connectivity index (χ1v) is 23.1. The van der Waals surface area contributed by atoms with Gasteiger partial charge in [-0.25, -0.2) is 9.59 Å². The number of para-hydroxylation sites is 2. The maximum Gasteiger partial charge on any atom is 0.329 e. The number of nitrogens with zero attached hydrogens (tertiary/aromatic N) is 2. The second kappa shape index (κ2) is 21.5. The number of benzene rings is 4. The molecule has 4 aromatic carbocycles. The largest absolute Gasteiger partial charge is 0.496 e. The van der Waals surface area contributed by atoms with Crippen LogP contribution in [0.1, 0.15) is 50.7 Å². The van der Waals surface area contributed by atoms with Crippen LogP contribution in [0, 0.1) is 0 Å². The summed E-state index contributed by atoms with van der Waals surface area (Å²) >= 11 is 29.6. The molecule has 0 aliphatic carbocycles. The van der Waals surface area contributed by atoms with Crippen molar-refractivity contribution < 1.29 is 48.5 Å². The molecule has 2 fully saturated rings. The van der Waals surface area contributed by atoms with Crippen LogP contribution in [0.5, 0.6) is 11.5 Å². The van der Waals surface area contributed by atoms with Crippen LogP contribution < -0.4 is 20.1 Å². The molecular formula is C48H46Cl4N4O10S. The van der Waals surface area contributed by atoms with Crippen LogP contribution in [0.3, 0.4) is 0 Å². The normalized spacial score (nSPS) is 15.6. The van der Waals surface area contributed by atoms with Gasteiger partial charge in [0.25, 0.3) is 0 Å². The van der Waals surface area contributed by atoms with Gasteiger partial charge in [-0.1, -0.05) is 94.6 Å². The first kappa shape index (κ1) is 50.7. The Morgan fingerprint density at radius 1 is 0.582 bits per heavy atom. The number of nitrogens with one attached hydrogen (secondary N) is 2. The van der Waals surface area contributed by atoms with Crippen molar-refractivity contribution in [2.45, 2.75) is 60.4 Å². The van der Waals surface area contributed by atoms with Crippen LogP contribution >= 0.6 is 58.2 Å². The predicted octanol–water partition coefficient (Wildman–Crippen LogP) is 8.99. The van der Waals surface area contributed by atoms with Gasteiger partial charge >= 0.3 is 11.9 Å². The Kier molecular flexibility index (Phi) is 16.3. The fourth-order valence-electron chi connectivity index (χ4n) is 8.20. The van der Waals surface area contributed by atoms with Crippen molar-refractivity contribution in [1.29, 1.82) is 0 Å². The van der Waals surface area contributed by atoms with E-state index in [-0.39, 0.29) is 72.0 Å². The van der Waals surface area contributed by atoms with Gasteiger partial charge in [0.15, 0.2) is 0 Å². The number of carbonyl (C=O) groups excluding carboxylic acids is 4. The molecule has 0 aromatic heterocycles. The molecule has 6 rings (SSSR count). The lowest BCUT2D eigenvalue weighted by atomic mass is 9.87. The van der Waals surface area contributed by atoms with E-state index in [1.807, 2.05) is 24.3 Å². The number of ether oxygens (including phenoxy) is 2. The Hall–Kier alpha value is -5.71. The van der Waals surface area contributed by atoms with E-state index in [0.29, 0.717) is 54.7 Å². The van der Waals surface area contributed by atoms with Gasteiger partial charge in [-0.3, -0.25) is 19.2 Å². The zero-order valence-corrected chi connectivity index (χ0v) is 40.6. The molecule has 352 valence electrons. The maximum absolute atomic E-state index is 13.6. The minimum atomic E-state index is -1.48. The van der Waals surface area contributed by atoms with Crippen molar-refractivity contribution in [2.75, 3.05) is 40.4 Å². The van der Waals surface area contributed by atoms with Crippen LogP contribution in [0.15, 0.2) is 82.6 Å². The molecule has 0 unspecified atom stereocenters. The van der Waals surface area contributed by atoms with E-state index in [1.54, 1.807) is 48.6 Å². The number of carboxylic acid groups (broad SMARTS) is 2. The van der Waals surface area contributed by atoms with Crippen molar-refractivity contribution in [2.24, 2.45) is 0 Å². The summed E-state index contributed by atoms with van der Waals surface area (Å²) in [5.41, 5.74) is 0.181. The second-order valence-electron chi connectivity index (χ2n) is 15.9. The average Bonchev–Trinajstić information content (AvgIpc) is 3.30. The SMILES string of the molecule is COc1ccccc1-c1cc(Sc2cc(-c3ccccc3OC)c(/C=C/C(=O)N3CCC(NC(C)=O)(C(=O)O)CC3)c(Cl)c2Cl)c(Cl)c(Cl)c1/C=C/C(=O)N1CCC(NC(C)=O)(C(=O)O)CC1. The van der Waals surface area contributed by atoms with Crippen molar-refractivity contribution >= 4 is 106 Å². The van der Waals surface area contributed by atoms with Crippen LogP contribution in [0.25, 0.3) is 34.4 Å². The van der Waals surface area contributed by atoms with Crippen molar-refractivity contribution in [3.63, 3.8) is 0 Å². The number of likely N-dealkylation sites (tertiary alicyclic amines) is 2. The van der Waals surface area contributed by atoms with Gasteiger partial charge in [0.2, 0.25) is 23.6 Å². The molecule has 19 heteroatoms. The van der Waals surface area contributed by atoms with Gasteiger partial charge in [-0.15, -0.1) is 0 Å². The monoisotopic (exact) mass is 1010 g/mol. The average molecular weight is 1010 g/mol. The number of hydrogen-bond acceptors (Lipinski definition) is 9. The molecule has 0 bridgehead atoms. The van der Waals surface area contributed by atoms with Gasteiger partial charge in [0.05, 0.1) is 34.3 Å². The van der Waals surface area contributed by atoms with Gasteiger partial charge in [0, 0.05) is 84.2 Å². The summed E-state index contributed by atoms with van der Waals surface area (Å²) in [5.74, 6) is -3.10. The van der Waals surface area contributed by atoms with E-state index in [2.05, 4.69) is 10.6 Å². The molecule has 4 aromatic rings. The summed E-state index contributed by atoms with van der Waals surface area (Å²) < 4.78 is 11.5. The number of hydrogen-bond donors (Lipinski definition) is 4. The summed E-state index contributed by atoms with van der Waals surface area (Å²) in [7, 11) is 3.05. The highest BCUT2D eigenvalue weighted by molar-refractivity contribution is 7.99. The first-order chi connectivity index (χ1) is 31.8. The topological polar surface area (TPSA) is 192 Å². The lowest BCUT2D eigenvalue weighted by Gasteiger charge is -2.38. The molecule has 0 radical (unpaired) electrons. The zero-order valence-electron chi connectivity index (χ0n) is 36.7. The molecule has 0 saturated carbocycles. The summed E-state index contributed by atoms with van der Waals surface area (Å²) in [6.45, 7) is 2.83. The van der Waals surface area contributed by atoms with E-state index in [4.69, 9.17) is 55.9 Å². The highest BCUT2D eigenvalue weighted by Gasteiger charge is 2.44. The number of carboxylic acids is 2. The van der Waals surface area contributed by atoms with E-state index in [0.717, 1.165) is 0 Å². The van der Waals surface area contributed by atoms with Gasteiger partial charge < -0.3 is 40.1 Å². The summed E-state index contributed by atoms with van der Waals surface area (Å²) in [6, 6.07) is 18.0. The standard InChI is InChI=1S/C48H46Cl4N4O10S/c1-27(57)53-47(45(61)62)17-21-55(22-18-47)39(59)15-13-31-33(29-9-5-7-11-35(29)65-3)25-37(43(51)41(31)49)67-38-26-34(30-10-6-8-12-36(30)66-4)32(42(50)44(38)52)14-16-40(60)56-23-19-48(20-24-56,46(63)64)54-28(2)58/h5-16,25-26H,17-24H2,1-4H3,(H,53,57)(H,54,58)(H,61,62)(H,63,64)/b15-13+,16-14+. The lowest BCUT2D eigenvalue weighted by molar-refractivity contribution is -0.151. The Labute approximate surface area is 411 Å². The molecule has 4 N–H and O–H groups in total. The Balaban J connectivity index is 1.37. The van der Waals surface area contributed by atoms with E-state index in [1.165, 1.54) is 61.8 Å². The number of methoxy groups -OCH3 is 2. The van der Waals surface area contributed by atoms with Crippen LogP contribution in [0.2, 0.25) is 20.1 Å². The van der Waals surface area contributed by atoms with Crippen molar-refractivity contribution in [1.82, 2.24) is 20.4 Å². The molecule has 2 aliphatic heterocycles. The van der Waals surface area contributed by atoms with Crippen LogP contribution in [-0.4, -0.2) is 107 Å². The first-order valence-electron chi connectivity index (χ1n) is 20.8. The highest BCUT2D eigenvalue weighted by Crippen LogP contribution is 2.50. The molecule has 14 nitrogen and oxygen atoms in total. The highest BCUT2D eigenvalue weighted by atomic mass is 35.5. The molecule has 2 saturated heterocycles. The van der Waals surface area contributed by atoms with Gasteiger partial charge in [-0.2, -0.15) is 0 Å². The third-order valence-corrected chi connectivity index (χ3v) is 14.8. The van der Waals surface area contributed by atoms with E-state index >= 15 is 0 Å². The van der Waals surface area contributed by atoms with Gasteiger partial charge in [0.1, 0.15) is 22.6 Å². The molecule has 0 spiro atoms. The van der Waals surface area contributed by atoms with Gasteiger partial charge in [-0.05, 0) is 73.2 Å². The number of rotatable bonds is 14. The summed E-state index contributed by atoms with van der Waals surface area (Å²) in [4.78, 5) is 78.9. The molecular weight excluding hydrogens is 966 g/mol. The molecule has 2 aliphatic rings. The Bertz CT molecular complexity index is 2510. The third-order valence-electron chi connectivity index (χ3n) is 11.7. The van der Waals surface area contributed by atoms with Crippen LogP contribution in [0.4, 0.5) is 0 Å². The fourth-order valence-corrected chi connectivity index (χ4v) is 10.4. The minimum Gasteiger partial charge on any atom is -0.496 e. The summed E-state index contributed by atoms with van der Waals surface area (Å²) in [6.07, 6.45) is 5.83. The quantitative estimate of drug-likeness (QED) is 0.0882. The number of carbonyl (C=O) groups is 6. The number of halogens is 4. The van der Waals surface area contributed by atoms with Crippen molar-refractivity contribution in [3.05, 3.63) is 104 Å². The number of amides is 4. The third kappa shape index (κ3) is 11.0. The number of piperidine rings is 2. The molecule has 2 heterocycles. The molecule has 0 atom stereocenters. The smallest absolute Gasteiger partial charge is 0.329 e. The van der Waals surface area contributed by atoms with Crippen molar-refractivity contribution in [3.8, 4) is 33.8 Å². The fraction of sp³-hybridized carbons (Fsp3) is 0.292. The van der Waals surface area contributed by atoms with E-state index < -0.39 is 46.6 Å². The second-order valence-corrected chi connectivity index (χ2v) is 18.5. The minimum absolute atomic E-state index is 0.0185. The van der Waals surface area contributed by atoms with Crippen LogP contribution in [-0.2, 0) is 28.8 Å². The summed E-state index contributed by atoms with van der Waals surface area (Å²) in [5, 5.41) is 25.3. The molecule has 4 amide bonds. The Morgan fingerprint density at radius 3 is 1.24 bits per heavy atom. The molecule has 67 heavy (non-hydrogen) atoms.